The number of aromatic amines is 1. The molecule has 0 saturated carbocycles. The molecule has 1 aliphatic heterocycles. The van der Waals surface area contributed by atoms with Crippen LogP contribution in [0.4, 0.5) is 10.3 Å². The molecule has 2 aromatic carbocycles. The number of H-pyrrole nitrogens is 1. The quantitative estimate of drug-likeness (QED) is 0.415. The number of aromatic nitrogens is 2. The zero-order chi connectivity index (χ0) is 20.3. The number of fused-ring (bicyclic) bond motifs is 2. The predicted molar refractivity (Wildman–Crippen MR) is 121 cm³/mol. The summed E-state index contributed by atoms with van der Waals surface area (Å²) in [6.07, 6.45) is 4.96. The van der Waals surface area contributed by atoms with Gasteiger partial charge in [-0.3, -0.25) is 9.84 Å². The van der Waals surface area contributed by atoms with Crippen LogP contribution in [0.2, 0.25) is 0 Å². The summed E-state index contributed by atoms with van der Waals surface area (Å²) in [7, 11) is 0. The number of benzene rings is 2. The molecule has 30 heavy (non-hydrogen) atoms. The molecule has 0 amide bonds. The smallest absolute Gasteiger partial charge is 0.196 e. The number of unbranched alkanes of at least 4 members (excludes halogenated alkanes) is 1. The highest BCUT2D eigenvalue weighted by Crippen LogP contribution is 2.30. The molecule has 4 aromatic rings. The SMILES string of the molecule is FOc1cc(CCCCN2CCN(c3nsc4ccccc34)CC2)cc2cc[nH]c12. The summed E-state index contributed by atoms with van der Waals surface area (Å²) in [5.74, 6) is 1.42. The fourth-order valence-corrected chi connectivity index (χ4v) is 5.15. The zero-order valence-electron chi connectivity index (χ0n) is 16.8. The van der Waals surface area contributed by atoms with E-state index in [9.17, 15) is 4.53 Å². The molecule has 0 bridgehead atoms. The molecular weight excluding hydrogens is 399 g/mol. The molecule has 0 atom stereocenters. The Morgan fingerprint density at radius 3 is 2.80 bits per heavy atom. The van der Waals surface area contributed by atoms with Crippen molar-refractivity contribution in [2.24, 2.45) is 0 Å². The first-order valence-electron chi connectivity index (χ1n) is 10.5. The average Bonchev–Trinajstić information content (AvgIpc) is 3.44. The maximum Gasteiger partial charge on any atom is 0.196 e. The van der Waals surface area contributed by atoms with Gasteiger partial charge in [0.25, 0.3) is 0 Å². The molecule has 1 fully saturated rings. The summed E-state index contributed by atoms with van der Waals surface area (Å²) in [6, 6.07) is 14.3. The van der Waals surface area contributed by atoms with Gasteiger partial charge in [0.15, 0.2) is 5.75 Å². The van der Waals surface area contributed by atoms with E-state index in [1.54, 1.807) is 17.6 Å². The van der Waals surface area contributed by atoms with Crippen molar-refractivity contribution < 1.29 is 9.47 Å². The van der Waals surface area contributed by atoms with Gasteiger partial charge in [0, 0.05) is 47.7 Å². The highest BCUT2D eigenvalue weighted by Gasteiger charge is 2.20. The molecule has 7 heteroatoms. The third-order valence-electron chi connectivity index (χ3n) is 5.99. The van der Waals surface area contributed by atoms with Gasteiger partial charge >= 0.3 is 0 Å². The van der Waals surface area contributed by atoms with Crippen LogP contribution >= 0.6 is 11.5 Å². The van der Waals surface area contributed by atoms with Crippen molar-refractivity contribution in [1.29, 1.82) is 0 Å². The predicted octanol–water partition coefficient (Wildman–Crippen LogP) is 5.19. The lowest BCUT2D eigenvalue weighted by molar-refractivity contribution is -0.00452. The number of piperazine rings is 1. The number of anilines is 1. The van der Waals surface area contributed by atoms with E-state index in [0.29, 0.717) is 5.52 Å². The van der Waals surface area contributed by atoms with Gasteiger partial charge in [-0.05, 0) is 73.2 Å². The van der Waals surface area contributed by atoms with Crippen LogP contribution in [0.3, 0.4) is 0 Å². The summed E-state index contributed by atoms with van der Waals surface area (Å²) in [6.45, 7) is 5.29. The lowest BCUT2D eigenvalue weighted by Gasteiger charge is -2.35. The van der Waals surface area contributed by atoms with Crippen LogP contribution < -0.4 is 9.84 Å². The molecule has 0 spiro atoms. The van der Waals surface area contributed by atoms with Gasteiger partial charge < -0.3 is 9.88 Å². The molecule has 2 aromatic heterocycles. The first-order valence-corrected chi connectivity index (χ1v) is 11.3. The first kappa shape index (κ1) is 19.3. The topological polar surface area (TPSA) is 44.4 Å². The van der Waals surface area contributed by atoms with Crippen molar-refractivity contribution in [2.75, 3.05) is 37.6 Å². The Morgan fingerprint density at radius 2 is 1.93 bits per heavy atom. The molecule has 0 aliphatic carbocycles. The second-order valence-corrected chi connectivity index (χ2v) is 8.71. The van der Waals surface area contributed by atoms with E-state index in [1.165, 1.54) is 10.1 Å². The summed E-state index contributed by atoms with van der Waals surface area (Å²) >= 11 is 1.59. The van der Waals surface area contributed by atoms with Gasteiger partial charge in [0.05, 0.1) is 10.2 Å². The number of rotatable bonds is 7. The second kappa shape index (κ2) is 8.62. The van der Waals surface area contributed by atoms with Crippen LogP contribution in [0, 0.1) is 0 Å². The molecule has 1 saturated heterocycles. The van der Waals surface area contributed by atoms with Crippen LogP contribution in [0.15, 0.2) is 48.7 Å². The molecule has 156 valence electrons. The van der Waals surface area contributed by atoms with Crippen molar-refractivity contribution in [2.45, 2.75) is 19.3 Å². The highest BCUT2D eigenvalue weighted by atomic mass is 32.1. The van der Waals surface area contributed by atoms with Crippen molar-refractivity contribution in [3.05, 3.63) is 54.2 Å². The fourth-order valence-electron chi connectivity index (χ4n) is 4.35. The highest BCUT2D eigenvalue weighted by molar-refractivity contribution is 7.13. The summed E-state index contributed by atoms with van der Waals surface area (Å²) in [5, 5.41) is 2.26. The van der Waals surface area contributed by atoms with E-state index in [1.807, 2.05) is 12.3 Å². The number of nitrogens with zero attached hydrogens (tertiary/aromatic N) is 3. The van der Waals surface area contributed by atoms with Crippen LogP contribution in [-0.4, -0.2) is 47.0 Å². The molecule has 0 unspecified atom stereocenters. The van der Waals surface area contributed by atoms with E-state index < -0.39 is 0 Å². The van der Waals surface area contributed by atoms with E-state index in [0.717, 1.165) is 68.8 Å². The van der Waals surface area contributed by atoms with Crippen LogP contribution in [0.1, 0.15) is 18.4 Å². The summed E-state index contributed by atoms with van der Waals surface area (Å²) < 4.78 is 18.8. The van der Waals surface area contributed by atoms with Crippen LogP contribution in [-0.2, 0) is 6.42 Å². The van der Waals surface area contributed by atoms with E-state index >= 15 is 0 Å². The molecular formula is C23H25FN4OS. The van der Waals surface area contributed by atoms with Crippen molar-refractivity contribution in [3.8, 4) is 5.75 Å². The van der Waals surface area contributed by atoms with Crippen LogP contribution in [0.25, 0.3) is 21.0 Å². The second-order valence-electron chi connectivity index (χ2n) is 7.90. The Labute approximate surface area is 179 Å². The Hall–Kier alpha value is -2.64. The van der Waals surface area contributed by atoms with Crippen molar-refractivity contribution >= 4 is 38.3 Å². The van der Waals surface area contributed by atoms with Gasteiger partial charge in [0.1, 0.15) is 5.82 Å². The Kier molecular flexibility index (Phi) is 5.55. The largest absolute Gasteiger partial charge is 0.358 e. The lowest BCUT2D eigenvalue weighted by atomic mass is 10.1. The van der Waals surface area contributed by atoms with Gasteiger partial charge in [-0.15, -0.1) is 0 Å². The summed E-state index contributed by atoms with van der Waals surface area (Å²) in [4.78, 5) is 12.0. The third kappa shape index (κ3) is 3.87. The first-order chi connectivity index (χ1) is 14.8. The average molecular weight is 425 g/mol. The minimum absolute atomic E-state index is 0.276. The Morgan fingerprint density at radius 1 is 1.07 bits per heavy atom. The normalized spacial score (nSPS) is 15.3. The number of hydrogen-bond acceptors (Lipinski definition) is 5. The number of hydrogen-bond donors (Lipinski definition) is 1. The van der Waals surface area contributed by atoms with E-state index in [2.05, 4.69) is 50.1 Å². The van der Waals surface area contributed by atoms with Gasteiger partial charge in [-0.2, -0.15) is 4.37 Å². The van der Waals surface area contributed by atoms with E-state index in [-0.39, 0.29) is 5.75 Å². The number of halogens is 1. The van der Waals surface area contributed by atoms with Gasteiger partial charge in [-0.25, -0.2) is 0 Å². The van der Waals surface area contributed by atoms with Crippen LogP contribution in [0.5, 0.6) is 5.75 Å². The Bertz CT molecular complexity index is 1130. The molecule has 3 heterocycles. The number of nitrogens with one attached hydrogen (secondary N) is 1. The molecule has 5 rings (SSSR count). The van der Waals surface area contributed by atoms with Crippen molar-refractivity contribution in [3.63, 3.8) is 0 Å². The van der Waals surface area contributed by atoms with Crippen molar-refractivity contribution in [1.82, 2.24) is 14.3 Å². The third-order valence-corrected chi connectivity index (χ3v) is 6.80. The Balaban J connectivity index is 1.10. The maximum atomic E-state index is 12.8. The zero-order valence-corrected chi connectivity index (χ0v) is 17.6. The maximum absolute atomic E-state index is 12.8. The lowest BCUT2D eigenvalue weighted by Crippen LogP contribution is -2.46. The molecule has 1 N–H and O–H groups in total. The minimum Gasteiger partial charge on any atom is -0.358 e. The molecule has 0 radical (unpaired) electrons. The monoisotopic (exact) mass is 424 g/mol. The summed E-state index contributed by atoms with van der Waals surface area (Å²) in [5.41, 5.74) is 1.84. The number of aryl methyl sites for hydroxylation is 1. The molecule has 5 nitrogen and oxygen atoms in total. The van der Waals surface area contributed by atoms with Gasteiger partial charge in [-0.1, -0.05) is 12.1 Å². The standard InChI is InChI=1S/C23H25FN4OS/c24-29-20-16-17(15-18-8-9-25-22(18)20)5-3-4-10-27-11-13-28(14-12-27)23-19-6-1-2-7-21(19)30-26-23/h1-2,6-9,15-16,25H,3-5,10-14H2. The molecule has 1 aliphatic rings. The fraction of sp³-hybridized carbons (Fsp3) is 0.348. The minimum atomic E-state index is 0.276. The van der Waals surface area contributed by atoms with Gasteiger partial charge in [0.2, 0.25) is 0 Å². The van der Waals surface area contributed by atoms with E-state index in [4.69, 9.17) is 4.37 Å².